The van der Waals surface area contributed by atoms with Crippen molar-refractivity contribution in [2.45, 2.75) is 187 Å². The lowest BCUT2D eigenvalue weighted by molar-refractivity contribution is 0.236. The van der Waals surface area contributed by atoms with Crippen molar-refractivity contribution in [2.24, 2.45) is 5.73 Å². The number of amides is 2. The first-order valence-electron chi connectivity index (χ1n) is 16.0. The largest absolute Gasteiger partial charge is 0.338 e. The molecule has 35 heavy (non-hydrogen) atoms. The van der Waals surface area contributed by atoms with E-state index in [1.807, 2.05) is 0 Å². The Hall–Kier alpha value is -0.770. The van der Waals surface area contributed by atoms with Gasteiger partial charge in [0.2, 0.25) is 0 Å². The van der Waals surface area contributed by atoms with Gasteiger partial charge in [-0.1, -0.05) is 168 Å². The SMILES string of the molecule is CCCCCCCCCCCCCCCCCCNC(=O)NC(N)CCCCCCCCCCC. The van der Waals surface area contributed by atoms with Gasteiger partial charge in [-0.3, -0.25) is 0 Å². The van der Waals surface area contributed by atoms with Gasteiger partial charge in [0, 0.05) is 6.54 Å². The molecule has 0 saturated heterocycles. The van der Waals surface area contributed by atoms with E-state index in [9.17, 15) is 4.79 Å². The predicted molar refractivity (Wildman–Crippen MR) is 156 cm³/mol. The monoisotopic (exact) mass is 496 g/mol. The van der Waals surface area contributed by atoms with Crippen molar-refractivity contribution in [1.29, 1.82) is 0 Å². The summed E-state index contributed by atoms with van der Waals surface area (Å²) < 4.78 is 0. The van der Waals surface area contributed by atoms with Crippen LogP contribution in [0.5, 0.6) is 0 Å². The summed E-state index contributed by atoms with van der Waals surface area (Å²) in [5.74, 6) is 0. The zero-order valence-electron chi connectivity index (χ0n) is 24.2. The van der Waals surface area contributed by atoms with E-state index in [0.29, 0.717) is 0 Å². The molecule has 0 aliphatic carbocycles. The van der Waals surface area contributed by atoms with Crippen LogP contribution in [-0.4, -0.2) is 18.7 Å². The number of rotatable bonds is 28. The second-order valence-corrected chi connectivity index (χ2v) is 10.9. The van der Waals surface area contributed by atoms with Crippen molar-refractivity contribution in [3.8, 4) is 0 Å². The van der Waals surface area contributed by atoms with Gasteiger partial charge < -0.3 is 16.4 Å². The molecule has 4 nitrogen and oxygen atoms in total. The molecule has 4 heteroatoms. The molecule has 210 valence electrons. The number of carbonyl (C=O) groups is 1. The average Bonchev–Trinajstić information content (AvgIpc) is 2.85. The van der Waals surface area contributed by atoms with Crippen LogP contribution in [0, 0.1) is 0 Å². The van der Waals surface area contributed by atoms with Gasteiger partial charge in [0.1, 0.15) is 0 Å². The Morgan fingerprint density at radius 1 is 0.514 bits per heavy atom. The highest BCUT2D eigenvalue weighted by molar-refractivity contribution is 5.74. The summed E-state index contributed by atoms with van der Waals surface area (Å²) in [6.07, 6.45) is 34.4. The van der Waals surface area contributed by atoms with E-state index < -0.39 is 0 Å². The minimum Gasteiger partial charge on any atom is -0.338 e. The van der Waals surface area contributed by atoms with E-state index in [0.717, 1.165) is 25.8 Å². The smallest absolute Gasteiger partial charge is 0.316 e. The number of hydrogen-bond acceptors (Lipinski definition) is 2. The maximum Gasteiger partial charge on any atom is 0.316 e. The van der Waals surface area contributed by atoms with Gasteiger partial charge in [0.25, 0.3) is 0 Å². The number of urea groups is 1. The Labute approximate surface area is 220 Å². The highest BCUT2D eigenvalue weighted by Gasteiger charge is 2.06. The topological polar surface area (TPSA) is 67.2 Å². The number of hydrogen-bond donors (Lipinski definition) is 3. The lowest BCUT2D eigenvalue weighted by Crippen LogP contribution is -2.46. The molecule has 0 aromatic heterocycles. The summed E-state index contributed by atoms with van der Waals surface area (Å²) in [4.78, 5) is 12.0. The van der Waals surface area contributed by atoms with E-state index in [-0.39, 0.29) is 12.2 Å². The minimum absolute atomic E-state index is 0.102. The van der Waals surface area contributed by atoms with Crippen molar-refractivity contribution >= 4 is 6.03 Å². The van der Waals surface area contributed by atoms with Crippen molar-refractivity contribution in [3.05, 3.63) is 0 Å². The minimum atomic E-state index is -0.217. The lowest BCUT2D eigenvalue weighted by Gasteiger charge is -2.14. The van der Waals surface area contributed by atoms with Crippen LogP contribution in [0.15, 0.2) is 0 Å². The van der Waals surface area contributed by atoms with Gasteiger partial charge in [0.15, 0.2) is 0 Å². The Morgan fingerprint density at radius 2 is 0.829 bits per heavy atom. The third-order valence-electron chi connectivity index (χ3n) is 7.25. The van der Waals surface area contributed by atoms with E-state index in [2.05, 4.69) is 24.5 Å². The molecule has 0 saturated carbocycles. The first-order chi connectivity index (χ1) is 17.2. The molecule has 1 unspecified atom stereocenters. The first-order valence-corrected chi connectivity index (χ1v) is 16.0. The van der Waals surface area contributed by atoms with Gasteiger partial charge in [0.05, 0.1) is 6.17 Å². The van der Waals surface area contributed by atoms with Crippen LogP contribution in [0.3, 0.4) is 0 Å². The molecule has 0 radical (unpaired) electrons. The molecule has 4 N–H and O–H groups in total. The van der Waals surface area contributed by atoms with Crippen LogP contribution < -0.4 is 16.4 Å². The van der Waals surface area contributed by atoms with Crippen molar-refractivity contribution < 1.29 is 4.79 Å². The van der Waals surface area contributed by atoms with Crippen LogP contribution >= 0.6 is 0 Å². The highest BCUT2D eigenvalue weighted by atomic mass is 16.2. The Kier molecular flexibility index (Phi) is 28.8. The maximum absolute atomic E-state index is 12.0. The zero-order chi connectivity index (χ0) is 25.7. The van der Waals surface area contributed by atoms with Crippen LogP contribution in [-0.2, 0) is 0 Å². The molecule has 0 aliphatic rings. The quantitative estimate of drug-likeness (QED) is 0.0746. The Morgan fingerprint density at radius 3 is 1.20 bits per heavy atom. The molecule has 2 amide bonds. The van der Waals surface area contributed by atoms with Gasteiger partial charge in [-0.15, -0.1) is 0 Å². The summed E-state index contributed by atoms with van der Waals surface area (Å²) >= 11 is 0. The third kappa shape index (κ3) is 29.4. The number of unbranched alkanes of at least 4 members (excludes halogenated alkanes) is 23. The first kappa shape index (κ1) is 34.2. The van der Waals surface area contributed by atoms with E-state index >= 15 is 0 Å². The van der Waals surface area contributed by atoms with Gasteiger partial charge in [-0.05, 0) is 12.8 Å². The van der Waals surface area contributed by atoms with Gasteiger partial charge >= 0.3 is 6.03 Å². The average molecular weight is 496 g/mol. The Balaban J connectivity index is 3.26. The van der Waals surface area contributed by atoms with Gasteiger partial charge in [-0.2, -0.15) is 0 Å². The Bertz CT molecular complexity index is 416. The highest BCUT2D eigenvalue weighted by Crippen LogP contribution is 2.14. The van der Waals surface area contributed by atoms with Crippen LogP contribution in [0.2, 0.25) is 0 Å². The standard InChI is InChI=1S/C31H65N3O/c1-3-5-7-9-11-13-14-15-16-17-18-19-21-23-25-27-29-33-31(35)34-30(32)28-26-24-22-20-12-10-8-6-4-2/h30H,3-29,32H2,1-2H3,(H2,33,34,35). The van der Waals surface area contributed by atoms with Crippen LogP contribution in [0.25, 0.3) is 0 Å². The number of nitrogens with one attached hydrogen (secondary N) is 2. The third-order valence-corrected chi connectivity index (χ3v) is 7.25. The summed E-state index contributed by atoms with van der Waals surface area (Å²) in [5, 5.41) is 5.86. The second-order valence-electron chi connectivity index (χ2n) is 10.9. The fourth-order valence-electron chi connectivity index (χ4n) is 4.84. The number of carbonyl (C=O) groups excluding carboxylic acids is 1. The molecule has 1 atom stereocenters. The molecule has 0 spiro atoms. The fourth-order valence-corrected chi connectivity index (χ4v) is 4.84. The molecular formula is C31H65N3O. The molecule has 0 fully saturated rings. The number of nitrogens with two attached hydrogens (primary N) is 1. The molecule has 0 aromatic rings. The van der Waals surface area contributed by atoms with Crippen LogP contribution in [0.1, 0.15) is 181 Å². The van der Waals surface area contributed by atoms with Crippen molar-refractivity contribution in [3.63, 3.8) is 0 Å². The van der Waals surface area contributed by atoms with E-state index in [4.69, 9.17) is 5.73 Å². The molecule has 0 heterocycles. The molecule has 0 aliphatic heterocycles. The summed E-state index contributed by atoms with van der Waals surface area (Å²) in [6, 6.07) is -0.102. The maximum atomic E-state index is 12.0. The van der Waals surface area contributed by atoms with Crippen molar-refractivity contribution in [1.82, 2.24) is 10.6 Å². The summed E-state index contributed by atoms with van der Waals surface area (Å²) in [5.41, 5.74) is 6.06. The van der Waals surface area contributed by atoms with E-state index in [1.54, 1.807) is 0 Å². The van der Waals surface area contributed by atoms with Crippen molar-refractivity contribution in [2.75, 3.05) is 6.54 Å². The molecule has 0 rings (SSSR count). The van der Waals surface area contributed by atoms with E-state index in [1.165, 1.54) is 148 Å². The molecule has 0 bridgehead atoms. The molecule has 0 aromatic carbocycles. The second kappa shape index (κ2) is 29.5. The summed E-state index contributed by atoms with van der Waals surface area (Å²) in [6.45, 7) is 5.31. The summed E-state index contributed by atoms with van der Waals surface area (Å²) in [7, 11) is 0. The predicted octanol–water partition coefficient (Wildman–Crippen LogP) is 9.75. The fraction of sp³-hybridized carbons (Fsp3) is 0.968. The zero-order valence-corrected chi connectivity index (χ0v) is 24.2. The molecular weight excluding hydrogens is 430 g/mol. The van der Waals surface area contributed by atoms with Crippen LogP contribution in [0.4, 0.5) is 4.79 Å². The van der Waals surface area contributed by atoms with Gasteiger partial charge in [-0.25, -0.2) is 4.79 Å². The lowest BCUT2D eigenvalue weighted by atomic mass is 10.0. The normalized spacial score (nSPS) is 12.1.